The zero-order chi connectivity index (χ0) is 19.0. The van der Waals surface area contributed by atoms with Crippen LogP contribution in [-0.4, -0.2) is 60.4 Å². The van der Waals surface area contributed by atoms with Crippen molar-refractivity contribution in [1.82, 2.24) is 14.9 Å². The Labute approximate surface area is 170 Å². The van der Waals surface area contributed by atoms with E-state index < -0.39 is 0 Å². The highest BCUT2D eigenvalue weighted by Crippen LogP contribution is 2.40. The predicted molar refractivity (Wildman–Crippen MR) is 112 cm³/mol. The molecule has 3 heterocycles. The molecule has 1 aliphatic heterocycles. The van der Waals surface area contributed by atoms with Crippen molar-refractivity contribution in [2.75, 3.05) is 45.3 Å². The average Bonchev–Trinajstić information content (AvgIpc) is 3.06. The van der Waals surface area contributed by atoms with E-state index in [0.29, 0.717) is 0 Å². The predicted octanol–water partition coefficient (Wildman–Crippen LogP) is 3.38. The summed E-state index contributed by atoms with van der Waals surface area (Å²) in [4.78, 5) is 15.1. The minimum absolute atomic E-state index is 0.0161. The lowest BCUT2D eigenvalue weighted by Gasteiger charge is -2.40. The molecule has 0 atom stereocenters. The van der Waals surface area contributed by atoms with E-state index in [1.54, 1.807) is 0 Å². The van der Waals surface area contributed by atoms with E-state index in [-0.39, 0.29) is 5.60 Å². The molecule has 2 fully saturated rings. The summed E-state index contributed by atoms with van der Waals surface area (Å²) in [6.45, 7) is 5.15. The number of anilines is 1. The van der Waals surface area contributed by atoms with Gasteiger partial charge in [-0.1, -0.05) is 0 Å². The van der Waals surface area contributed by atoms with E-state index >= 15 is 0 Å². The molecule has 5 rings (SSSR count). The molecule has 1 N–H and O–H groups in total. The summed E-state index contributed by atoms with van der Waals surface area (Å²) in [5.41, 5.74) is 1.48. The molecular weight excluding hydrogens is 372 g/mol. The van der Waals surface area contributed by atoms with Crippen molar-refractivity contribution in [3.05, 3.63) is 16.3 Å². The van der Waals surface area contributed by atoms with Gasteiger partial charge in [0.15, 0.2) is 0 Å². The Morgan fingerprint density at radius 3 is 2.71 bits per heavy atom. The van der Waals surface area contributed by atoms with Crippen LogP contribution in [0.25, 0.3) is 10.2 Å². The van der Waals surface area contributed by atoms with Crippen molar-refractivity contribution in [2.24, 2.45) is 0 Å². The van der Waals surface area contributed by atoms with Gasteiger partial charge in [0.25, 0.3) is 0 Å². The summed E-state index contributed by atoms with van der Waals surface area (Å²) in [6, 6.07) is 0. The van der Waals surface area contributed by atoms with E-state index in [2.05, 4.69) is 10.2 Å². The lowest BCUT2D eigenvalue weighted by molar-refractivity contribution is -0.0601. The van der Waals surface area contributed by atoms with Crippen LogP contribution in [0.3, 0.4) is 0 Å². The molecule has 2 aromatic rings. The van der Waals surface area contributed by atoms with Crippen LogP contribution in [0.1, 0.15) is 48.4 Å². The molecule has 28 heavy (non-hydrogen) atoms. The smallest absolute Gasteiger partial charge is 0.146 e. The standard InChI is InChI=1S/C21H30N4O2S/c1-26-21(7-4-8-21)14-22-19-18-15-5-2-3-6-16(15)28-20(18)24-17(23-19)13-25-9-11-27-12-10-25/h2-14H2,1H3,(H,22,23,24). The van der Waals surface area contributed by atoms with Crippen LogP contribution in [0, 0.1) is 0 Å². The Bertz CT molecular complexity index is 837. The fourth-order valence-electron chi connectivity index (χ4n) is 4.63. The van der Waals surface area contributed by atoms with E-state index in [1.165, 1.54) is 41.5 Å². The van der Waals surface area contributed by atoms with Crippen LogP contribution in [0.2, 0.25) is 0 Å². The number of ether oxygens (including phenoxy) is 2. The molecule has 3 aliphatic rings. The van der Waals surface area contributed by atoms with Crippen molar-refractivity contribution in [3.63, 3.8) is 0 Å². The molecule has 0 spiro atoms. The number of morpholine rings is 1. The fraction of sp³-hybridized carbons (Fsp3) is 0.714. The number of fused-ring (bicyclic) bond motifs is 3. The van der Waals surface area contributed by atoms with Gasteiger partial charge in [0, 0.05) is 31.6 Å². The summed E-state index contributed by atoms with van der Waals surface area (Å²) in [5.74, 6) is 1.95. The van der Waals surface area contributed by atoms with E-state index in [4.69, 9.17) is 19.4 Å². The Hall–Kier alpha value is -1.28. The number of rotatable bonds is 6. The highest BCUT2D eigenvalue weighted by atomic mass is 32.1. The second-order valence-electron chi connectivity index (χ2n) is 8.36. The Balaban J connectivity index is 1.47. The summed E-state index contributed by atoms with van der Waals surface area (Å²) in [6.07, 6.45) is 8.44. The summed E-state index contributed by atoms with van der Waals surface area (Å²) < 4.78 is 11.3. The molecule has 152 valence electrons. The summed E-state index contributed by atoms with van der Waals surface area (Å²) in [5, 5.41) is 4.96. The maximum Gasteiger partial charge on any atom is 0.146 e. The van der Waals surface area contributed by atoms with Crippen molar-refractivity contribution in [3.8, 4) is 0 Å². The molecule has 0 bridgehead atoms. The lowest BCUT2D eigenvalue weighted by Crippen LogP contribution is -2.45. The third kappa shape index (κ3) is 3.54. The Kier molecular flexibility index (Phi) is 5.26. The molecule has 0 unspecified atom stereocenters. The molecule has 2 aromatic heterocycles. The summed E-state index contributed by atoms with van der Waals surface area (Å²) in [7, 11) is 1.84. The number of aromatic nitrogens is 2. The first-order valence-electron chi connectivity index (χ1n) is 10.7. The normalized spacial score (nSPS) is 22.0. The first-order chi connectivity index (χ1) is 13.8. The molecule has 0 amide bonds. The van der Waals surface area contributed by atoms with Crippen molar-refractivity contribution >= 4 is 27.4 Å². The van der Waals surface area contributed by atoms with E-state index in [1.807, 2.05) is 18.4 Å². The van der Waals surface area contributed by atoms with E-state index in [0.717, 1.165) is 75.1 Å². The molecule has 1 saturated carbocycles. The van der Waals surface area contributed by atoms with Gasteiger partial charge in [-0.05, 0) is 50.5 Å². The number of hydrogen-bond donors (Lipinski definition) is 1. The first-order valence-corrected chi connectivity index (χ1v) is 11.5. The topological polar surface area (TPSA) is 59.5 Å². The highest BCUT2D eigenvalue weighted by Gasteiger charge is 2.37. The highest BCUT2D eigenvalue weighted by molar-refractivity contribution is 7.19. The number of nitrogens with zero attached hydrogens (tertiary/aromatic N) is 3. The van der Waals surface area contributed by atoms with Crippen molar-refractivity contribution < 1.29 is 9.47 Å². The number of nitrogens with one attached hydrogen (secondary N) is 1. The quantitative estimate of drug-likeness (QED) is 0.799. The number of hydrogen-bond acceptors (Lipinski definition) is 7. The van der Waals surface area contributed by atoms with Crippen LogP contribution in [0.4, 0.5) is 5.82 Å². The third-order valence-corrected chi connectivity index (χ3v) is 7.79. The van der Waals surface area contributed by atoms with Gasteiger partial charge in [0.2, 0.25) is 0 Å². The van der Waals surface area contributed by atoms with Gasteiger partial charge < -0.3 is 14.8 Å². The SMILES string of the molecule is COC1(CNc2nc(CN3CCOCC3)nc3sc4c(c23)CCCC4)CCC1. The molecular formula is C21H30N4O2S. The molecule has 2 aliphatic carbocycles. The lowest BCUT2D eigenvalue weighted by atomic mass is 9.80. The van der Waals surface area contributed by atoms with E-state index in [9.17, 15) is 0 Å². The van der Waals surface area contributed by atoms with Gasteiger partial charge in [0.1, 0.15) is 16.5 Å². The zero-order valence-corrected chi connectivity index (χ0v) is 17.6. The number of aryl methyl sites for hydroxylation is 2. The van der Waals surface area contributed by atoms with Crippen LogP contribution in [0.15, 0.2) is 0 Å². The molecule has 7 heteroatoms. The molecule has 0 aromatic carbocycles. The van der Waals surface area contributed by atoms with Gasteiger partial charge in [-0.25, -0.2) is 9.97 Å². The zero-order valence-electron chi connectivity index (χ0n) is 16.8. The molecule has 0 radical (unpaired) electrons. The Morgan fingerprint density at radius 1 is 1.14 bits per heavy atom. The average molecular weight is 403 g/mol. The first kappa shape index (κ1) is 18.7. The van der Waals surface area contributed by atoms with Gasteiger partial charge in [-0.3, -0.25) is 4.90 Å². The molecule has 6 nitrogen and oxygen atoms in total. The van der Waals surface area contributed by atoms with Gasteiger partial charge >= 0.3 is 0 Å². The van der Waals surface area contributed by atoms with Crippen molar-refractivity contribution in [2.45, 2.75) is 57.1 Å². The Morgan fingerprint density at radius 2 is 1.96 bits per heavy atom. The van der Waals surface area contributed by atoms with Crippen LogP contribution in [-0.2, 0) is 28.9 Å². The maximum absolute atomic E-state index is 5.83. The summed E-state index contributed by atoms with van der Waals surface area (Å²) >= 11 is 1.88. The minimum atomic E-state index is -0.0161. The van der Waals surface area contributed by atoms with Gasteiger partial charge in [-0.2, -0.15) is 0 Å². The maximum atomic E-state index is 5.83. The number of methoxy groups -OCH3 is 1. The van der Waals surface area contributed by atoms with Gasteiger partial charge in [0.05, 0.1) is 30.7 Å². The van der Waals surface area contributed by atoms with Crippen LogP contribution in [0.5, 0.6) is 0 Å². The fourth-order valence-corrected chi connectivity index (χ4v) is 5.91. The minimum Gasteiger partial charge on any atom is -0.379 e. The number of thiophene rings is 1. The second-order valence-corrected chi connectivity index (χ2v) is 9.45. The van der Waals surface area contributed by atoms with Crippen LogP contribution >= 0.6 is 11.3 Å². The monoisotopic (exact) mass is 402 g/mol. The second kappa shape index (κ2) is 7.86. The largest absolute Gasteiger partial charge is 0.379 e. The third-order valence-electron chi connectivity index (χ3n) is 6.61. The van der Waals surface area contributed by atoms with Crippen molar-refractivity contribution in [1.29, 1.82) is 0 Å². The molecule has 1 saturated heterocycles. The van der Waals surface area contributed by atoms with Gasteiger partial charge in [-0.15, -0.1) is 11.3 Å². The van der Waals surface area contributed by atoms with Crippen LogP contribution < -0.4 is 5.32 Å².